The molecule has 5 heteroatoms. The molecule has 0 saturated carbocycles. The monoisotopic (exact) mass is 312 g/mol. The van der Waals surface area contributed by atoms with Gasteiger partial charge in [-0.1, -0.05) is 11.6 Å². The Morgan fingerprint density at radius 1 is 1.35 bits per heavy atom. The third-order valence-electron chi connectivity index (χ3n) is 2.19. The summed E-state index contributed by atoms with van der Waals surface area (Å²) in [7, 11) is 0. The van der Waals surface area contributed by atoms with Gasteiger partial charge >= 0.3 is 0 Å². The maximum Gasteiger partial charge on any atom is 0.219 e. The van der Waals surface area contributed by atoms with E-state index in [0.717, 1.165) is 10.0 Å². The van der Waals surface area contributed by atoms with E-state index in [1.165, 1.54) is 0 Å². The lowest BCUT2D eigenvalue weighted by atomic mass is 10.3. The van der Waals surface area contributed by atoms with Crippen molar-refractivity contribution < 1.29 is 4.74 Å². The second-order valence-corrected chi connectivity index (χ2v) is 4.83. The standard InChI is InChI=1S/C12H10BrClN2O/c1-7-4-12(16-6-9(7)13)17-11-3-2-8(15)5-10(11)14/h2-6H,15H2,1H3. The van der Waals surface area contributed by atoms with Crippen molar-refractivity contribution in [3.8, 4) is 11.6 Å². The van der Waals surface area contributed by atoms with Crippen LogP contribution < -0.4 is 10.5 Å². The van der Waals surface area contributed by atoms with E-state index in [1.807, 2.05) is 13.0 Å². The number of ether oxygens (including phenoxy) is 1. The van der Waals surface area contributed by atoms with Gasteiger partial charge in [0, 0.05) is 22.4 Å². The molecule has 0 amide bonds. The minimum Gasteiger partial charge on any atom is -0.437 e. The lowest BCUT2D eigenvalue weighted by molar-refractivity contribution is 0.462. The SMILES string of the molecule is Cc1cc(Oc2ccc(N)cc2Cl)ncc1Br. The van der Waals surface area contributed by atoms with E-state index in [0.29, 0.717) is 22.3 Å². The number of hydrogen-bond donors (Lipinski definition) is 1. The number of aromatic nitrogens is 1. The zero-order valence-electron chi connectivity index (χ0n) is 9.08. The van der Waals surface area contributed by atoms with E-state index in [9.17, 15) is 0 Å². The smallest absolute Gasteiger partial charge is 0.219 e. The number of nitrogens with two attached hydrogens (primary N) is 1. The minimum absolute atomic E-state index is 0.465. The van der Waals surface area contributed by atoms with Gasteiger partial charge in [0.15, 0.2) is 0 Å². The Bertz CT molecular complexity index is 560. The number of rotatable bonds is 2. The average molecular weight is 314 g/mol. The second-order valence-electron chi connectivity index (χ2n) is 3.56. The van der Waals surface area contributed by atoms with Gasteiger partial charge in [0.1, 0.15) is 5.75 Å². The molecule has 88 valence electrons. The highest BCUT2D eigenvalue weighted by Gasteiger charge is 2.05. The van der Waals surface area contributed by atoms with Crippen molar-refractivity contribution in [1.82, 2.24) is 4.98 Å². The van der Waals surface area contributed by atoms with Crippen molar-refractivity contribution in [2.75, 3.05) is 5.73 Å². The van der Waals surface area contributed by atoms with Crippen LogP contribution in [0.3, 0.4) is 0 Å². The van der Waals surface area contributed by atoms with Gasteiger partial charge in [-0.25, -0.2) is 4.98 Å². The Kier molecular flexibility index (Phi) is 3.54. The maximum atomic E-state index is 6.01. The molecule has 0 aliphatic heterocycles. The van der Waals surface area contributed by atoms with E-state index in [4.69, 9.17) is 22.1 Å². The molecule has 0 bridgehead atoms. The van der Waals surface area contributed by atoms with Crippen molar-refractivity contribution >= 4 is 33.2 Å². The zero-order chi connectivity index (χ0) is 12.4. The topological polar surface area (TPSA) is 48.1 Å². The molecular weight excluding hydrogens is 304 g/mol. The molecule has 2 rings (SSSR count). The van der Waals surface area contributed by atoms with Crippen molar-refractivity contribution in [2.24, 2.45) is 0 Å². The minimum atomic E-state index is 0.465. The van der Waals surface area contributed by atoms with Crippen LogP contribution >= 0.6 is 27.5 Å². The highest BCUT2D eigenvalue weighted by atomic mass is 79.9. The number of nitrogen functional groups attached to an aromatic ring is 1. The number of aryl methyl sites for hydroxylation is 1. The molecule has 0 radical (unpaired) electrons. The lowest BCUT2D eigenvalue weighted by Gasteiger charge is -2.08. The van der Waals surface area contributed by atoms with Gasteiger partial charge in [-0.2, -0.15) is 0 Å². The molecule has 1 aromatic carbocycles. The largest absolute Gasteiger partial charge is 0.437 e. The van der Waals surface area contributed by atoms with Gasteiger partial charge in [-0.15, -0.1) is 0 Å². The van der Waals surface area contributed by atoms with Crippen LogP contribution in [0.5, 0.6) is 11.6 Å². The first-order valence-corrected chi connectivity index (χ1v) is 6.08. The number of nitrogens with zero attached hydrogens (tertiary/aromatic N) is 1. The summed E-state index contributed by atoms with van der Waals surface area (Å²) < 4.78 is 6.52. The van der Waals surface area contributed by atoms with Crippen molar-refractivity contribution in [3.63, 3.8) is 0 Å². The predicted octanol–water partition coefficient (Wildman–Crippen LogP) is 4.18. The van der Waals surface area contributed by atoms with E-state index in [1.54, 1.807) is 24.4 Å². The van der Waals surface area contributed by atoms with Gasteiger partial charge in [0.2, 0.25) is 5.88 Å². The summed E-state index contributed by atoms with van der Waals surface area (Å²) in [5.41, 5.74) is 7.25. The molecule has 3 nitrogen and oxygen atoms in total. The first-order valence-electron chi connectivity index (χ1n) is 4.91. The molecule has 0 saturated heterocycles. The average Bonchev–Trinajstić information content (AvgIpc) is 2.27. The molecule has 1 aromatic heterocycles. The number of anilines is 1. The Labute approximate surface area is 113 Å². The fraction of sp³-hybridized carbons (Fsp3) is 0.0833. The molecular formula is C12H10BrClN2O. The van der Waals surface area contributed by atoms with E-state index in [2.05, 4.69) is 20.9 Å². The van der Waals surface area contributed by atoms with E-state index >= 15 is 0 Å². The van der Waals surface area contributed by atoms with Crippen molar-refractivity contribution in [2.45, 2.75) is 6.92 Å². The van der Waals surface area contributed by atoms with Crippen LogP contribution in [0.1, 0.15) is 5.56 Å². The number of benzene rings is 1. The predicted molar refractivity (Wildman–Crippen MR) is 72.6 cm³/mol. The second kappa shape index (κ2) is 4.94. The molecule has 0 fully saturated rings. The van der Waals surface area contributed by atoms with Crippen LogP contribution in [-0.2, 0) is 0 Å². The van der Waals surface area contributed by atoms with E-state index in [-0.39, 0.29) is 0 Å². The first-order chi connectivity index (χ1) is 8.06. The van der Waals surface area contributed by atoms with Crippen LogP contribution in [0.4, 0.5) is 5.69 Å². The summed E-state index contributed by atoms with van der Waals surface area (Å²) in [5.74, 6) is 1.03. The summed E-state index contributed by atoms with van der Waals surface area (Å²) in [4.78, 5) is 4.14. The van der Waals surface area contributed by atoms with Crippen molar-refractivity contribution in [3.05, 3.63) is 45.5 Å². The maximum absolute atomic E-state index is 6.01. The Morgan fingerprint density at radius 3 is 2.76 bits per heavy atom. The van der Waals surface area contributed by atoms with Gasteiger partial charge in [0.05, 0.1) is 5.02 Å². The van der Waals surface area contributed by atoms with E-state index < -0.39 is 0 Å². The molecule has 2 N–H and O–H groups in total. The first kappa shape index (κ1) is 12.2. The number of pyridine rings is 1. The Morgan fingerprint density at radius 2 is 2.12 bits per heavy atom. The molecule has 17 heavy (non-hydrogen) atoms. The fourth-order valence-electron chi connectivity index (χ4n) is 1.28. The molecule has 0 spiro atoms. The summed E-state index contributed by atoms with van der Waals surface area (Å²) in [5, 5.41) is 0.465. The third-order valence-corrected chi connectivity index (χ3v) is 3.32. The lowest BCUT2D eigenvalue weighted by Crippen LogP contribution is -1.91. The highest BCUT2D eigenvalue weighted by Crippen LogP contribution is 2.30. The summed E-state index contributed by atoms with van der Waals surface area (Å²) in [6.07, 6.45) is 1.69. The van der Waals surface area contributed by atoms with Crippen molar-refractivity contribution in [1.29, 1.82) is 0 Å². The molecule has 2 aromatic rings. The zero-order valence-corrected chi connectivity index (χ0v) is 11.4. The third kappa shape index (κ3) is 2.90. The fourth-order valence-corrected chi connectivity index (χ4v) is 1.73. The highest BCUT2D eigenvalue weighted by molar-refractivity contribution is 9.10. The number of hydrogen-bond acceptors (Lipinski definition) is 3. The summed E-state index contributed by atoms with van der Waals surface area (Å²) >= 11 is 9.39. The van der Waals surface area contributed by atoms with Gasteiger partial charge in [-0.3, -0.25) is 0 Å². The van der Waals surface area contributed by atoms with Gasteiger partial charge < -0.3 is 10.5 Å². The van der Waals surface area contributed by atoms with Gasteiger partial charge in [0.25, 0.3) is 0 Å². The van der Waals surface area contributed by atoms with Gasteiger partial charge in [-0.05, 0) is 46.6 Å². The normalized spacial score (nSPS) is 10.3. The Hall–Kier alpha value is -1.26. The Balaban J connectivity index is 2.28. The summed E-state index contributed by atoms with van der Waals surface area (Å²) in [6, 6.07) is 6.92. The number of halogens is 2. The summed E-state index contributed by atoms with van der Waals surface area (Å²) in [6.45, 7) is 1.96. The van der Waals surface area contributed by atoms with Crippen LogP contribution in [0.25, 0.3) is 0 Å². The molecule has 0 aliphatic carbocycles. The molecule has 1 heterocycles. The molecule has 0 aliphatic rings. The quantitative estimate of drug-likeness (QED) is 0.846. The molecule has 0 unspecified atom stereocenters. The van der Waals surface area contributed by atoms with Crippen LogP contribution in [0.2, 0.25) is 5.02 Å². The van der Waals surface area contributed by atoms with Crippen LogP contribution in [-0.4, -0.2) is 4.98 Å². The van der Waals surface area contributed by atoms with Crippen LogP contribution in [0.15, 0.2) is 34.9 Å². The molecule has 0 atom stereocenters. The van der Waals surface area contributed by atoms with Crippen LogP contribution in [0, 0.1) is 6.92 Å².